The lowest BCUT2D eigenvalue weighted by molar-refractivity contribution is -0.149. The molecule has 0 spiro atoms. The van der Waals surface area contributed by atoms with Crippen LogP contribution in [0.15, 0.2) is 24.3 Å². The summed E-state index contributed by atoms with van der Waals surface area (Å²) in [6, 6.07) is 3.74. The van der Waals surface area contributed by atoms with Gasteiger partial charge in [0.1, 0.15) is 23.4 Å². The van der Waals surface area contributed by atoms with Crippen molar-refractivity contribution in [2.24, 2.45) is 5.73 Å². The monoisotopic (exact) mass is 506 g/mol. The Hall–Kier alpha value is -3.30. The highest BCUT2D eigenvalue weighted by Gasteiger charge is 2.42. The molecule has 0 fully saturated rings. The molecule has 0 radical (unpaired) electrons. The van der Waals surface area contributed by atoms with Crippen LogP contribution in [0.4, 0.5) is 4.79 Å². The smallest absolute Gasteiger partial charge is 0.408 e. The van der Waals surface area contributed by atoms with Gasteiger partial charge in [0.15, 0.2) is 0 Å². The number of nitrogens with one attached hydrogen (secondary N) is 2. The van der Waals surface area contributed by atoms with Gasteiger partial charge in [-0.3, -0.25) is 14.4 Å². The SMILES string of the molecule is CC(C)(C)NC(=O)C(c1cccc(O)c1)N(C(=O)C(CCC(N)=O)NC(=O)OC(C)(C)C)C(C)(C)C. The van der Waals surface area contributed by atoms with Crippen molar-refractivity contribution in [1.82, 2.24) is 15.5 Å². The van der Waals surface area contributed by atoms with Crippen molar-refractivity contribution in [1.29, 1.82) is 0 Å². The molecule has 0 bridgehead atoms. The summed E-state index contributed by atoms with van der Waals surface area (Å²) in [5, 5.41) is 15.6. The van der Waals surface area contributed by atoms with Crippen molar-refractivity contribution in [3.05, 3.63) is 29.8 Å². The quantitative estimate of drug-likeness (QED) is 0.425. The number of rotatable bonds is 8. The number of alkyl carbamates (subject to hydrolysis) is 1. The number of benzene rings is 1. The van der Waals surface area contributed by atoms with Gasteiger partial charge in [0.2, 0.25) is 17.7 Å². The summed E-state index contributed by atoms with van der Waals surface area (Å²) < 4.78 is 5.32. The second-order valence-corrected chi connectivity index (χ2v) is 11.8. The van der Waals surface area contributed by atoms with Crippen molar-refractivity contribution >= 4 is 23.8 Å². The maximum atomic E-state index is 14.0. The van der Waals surface area contributed by atoms with E-state index < -0.39 is 52.6 Å². The van der Waals surface area contributed by atoms with Crippen LogP contribution in [-0.2, 0) is 19.1 Å². The lowest BCUT2D eigenvalue weighted by Crippen LogP contribution is -2.59. The third kappa shape index (κ3) is 10.1. The van der Waals surface area contributed by atoms with Crippen LogP contribution < -0.4 is 16.4 Å². The molecule has 1 rings (SSSR count). The molecule has 2 atom stereocenters. The Kier molecular flexibility index (Phi) is 9.92. The van der Waals surface area contributed by atoms with E-state index in [9.17, 15) is 24.3 Å². The summed E-state index contributed by atoms with van der Waals surface area (Å²) in [5.74, 6) is -1.79. The van der Waals surface area contributed by atoms with Crippen molar-refractivity contribution in [3.8, 4) is 5.75 Å². The molecule has 0 aliphatic heterocycles. The van der Waals surface area contributed by atoms with Crippen LogP contribution in [0, 0.1) is 0 Å². The van der Waals surface area contributed by atoms with E-state index in [1.165, 1.54) is 17.0 Å². The molecule has 0 heterocycles. The zero-order chi connectivity index (χ0) is 28.1. The Morgan fingerprint density at radius 1 is 1.03 bits per heavy atom. The minimum Gasteiger partial charge on any atom is -0.508 e. The van der Waals surface area contributed by atoms with E-state index >= 15 is 0 Å². The first-order valence-electron chi connectivity index (χ1n) is 11.9. The zero-order valence-electron chi connectivity index (χ0n) is 22.9. The van der Waals surface area contributed by atoms with E-state index in [4.69, 9.17) is 10.5 Å². The molecule has 0 aliphatic carbocycles. The third-order valence-corrected chi connectivity index (χ3v) is 4.82. The molecule has 1 aromatic carbocycles. The number of primary amides is 1. The van der Waals surface area contributed by atoms with Crippen LogP contribution in [0.5, 0.6) is 5.75 Å². The zero-order valence-corrected chi connectivity index (χ0v) is 22.9. The molecular formula is C26H42N4O6. The summed E-state index contributed by atoms with van der Waals surface area (Å²) in [6.45, 7) is 15.8. The van der Waals surface area contributed by atoms with Crippen molar-refractivity contribution in [3.63, 3.8) is 0 Å². The van der Waals surface area contributed by atoms with Gasteiger partial charge < -0.3 is 31.1 Å². The van der Waals surface area contributed by atoms with Gasteiger partial charge in [0.25, 0.3) is 0 Å². The normalized spacial score (nSPS) is 13.8. The lowest BCUT2D eigenvalue weighted by atomic mass is 9.94. The molecule has 4 amide bonds. The molecule has 10 heteroatoms. The van der Waals surface area contributed by atoms with Crippen LogP contribution in [0.3, 0.4) is 0 Å². The minimum atomic E-state index is -1.20. The molecule has 202 valence electrons. The predicted octanol–water partition coefficient (Wildman–Crippen LogP) is 3.13. The fourth-order valence-electron chi connectivity index (χ4n) is 3.56. The summed E-state index contributed by atoms with van der Waals surface area (Å²) in [4.78, 5) is 53.1. The first-order chi connectivity index (χ1) is 16.2. The highest BCUT2D eigenvalue weighted by Crippen LogP contribution is 2.32. The number of nitrogens with zero attached hydrogens (tertiary/aromatic N) is 1. The van der Waals surface area contributed by atoms with Crippen LogP contribution in [0.2, 0.25) is 0 Å². The number of phenolic OH excluding ortho intramolecular Hbond substituents is 1. The third-order valence-electron chi connectivity index (χ3n) is 4.82. The first kappa shape index (κ1) is 30.7. The number of carbonyl (C=O) groups excluding carboxylic acids is 4. The van der Waals surface area contributed by atoms with Gasteiger partial charge in [0.05, 0.1) is 0 Å². The second kappa shape index (κ2) is 11.6. The highest BCUT2D eigenvalue weighted by atomic mass is 16.6. The molecule has 10 nitrogen and oxygen atoms in total. The fraction of sp³-hybridized carbons (Fsp3) is 0.615. The highest BCUT2D eigenvalue weighted by molar-refractivity contribution is 5.93. The van der Waals surface area contributed by atoms with Crippen molar-refractivity contribution in [2.75, 3.05) is 0 Å². The maximum Gasteiger partial charge on any atom is 0.408 e. The van der Waals surface area contributed by atoms with E-state index in [0.717, 1.165) is 0 Å². The topological polar surface area (TPSA) is 151 Å². The van der Waals surface area contributed by atoms with Crippen molar-refractivity contribution in [2.45, 2.75) is 104 Å². The Bertz CT molecular complexity index is 956. The number of phenols is 1. The Morgan fingerprint density at radius 2 is 1.61 bits per heavy atom. The maximum absolute atomic E-state index is 14.0. The number of carbonyl (C=O) groups is 4. The molecule has 0 aliphatic rings. The molecule has 2 unspecified atom stereocenters. The first-order valence-corrected chi connectivity index (χ1v) is 11.9. The van der Waals surface area contributed by atoms with E-state index in [1.807, 2.05) is 20.8 Å². The van der Waals surface area contributed by atoms with Gasteiger partial charge in [-0.15, -0.1) is 0 Å². The lowest BCUT2D eigenvalue weighted by Gasteiger charge is -2.43. The summed E-state index contributed by atoms with van der Waals surface area (Å²) in [5.41, 5.74) is 3.36. The van der Waals surface area contributed by atoms with E-state index in [-0.39, 0.29) is 18.6 Å². The largest absolute Gasteiger partial charge is 0.508 e. The summed E-state index contributed by atoms with van der Waals surface area (Å²) in [6.07, 6.45) is -1.10. The Morgan fingerprint density at radius 3 is 2.06 bits per heavy atom. The molecule has 0 saturated heterocycles. The van der Waals surface area contributed by atoms with Gasteiger partial charge in [0, 0.05) is 17.5 Å². The van der Waals surface area contributed by atoms with Crippen LogP contribution in [-0.4, -0.2) is 56.5 Å². The second-order valence-electron chi connectivity index (χ2n) is 11.8. The molecule has 5 N–H and O–H groups in total. The number of amides is 4. The molecular weight excluding hydrogens is 464 g/mol. The van der Waals surface area contributed by atoms with E-state index in [1.54, 1.807) is 53.7 Å². The average molecular weight is 507 g/mol. The fourth-order valence-corrected chi connectivity index (χ4v) is 3.56. The number of aromatic hydroxyl groups is 1. The molecule has 1 aromatic rings. The standard InChI is InChI=1S/C26H42N4O6/c1-24(2,3)29-21(33)20(16-11-10-12-17(31)15-16)30(25(4,5)6)22(34)18(13-14-19(27)32)28-23(35)36-26(7,8)9/h10-12,15,18,20,31H,13-14H2,1-9H3,(H2,27,32)(H,28,35)(H,29,33). The van der Waals surface area contributed by atoms with E-state index in [2.05, 4.69) is 10.6 Å². The van der Waals surface area contributed by atoms with Crippen molar-refractivity contribution < 1.29 is 29.0 Å². The van der Waals surface area contributed by atoms with Gasteiger partial charge in [-0.25, -0.2) is 4.79 Å². The molecule has 0 saturated carbocycles. The van der Waals surface area contributed by atoms with Gasteiger partial charge in [-0.2, -0.15) is 0 Å². The minimum absolute atomic E-state index is 0.0699. The summed E-state index contributed by atoms with van der Waals surface area (Å²) >= 11 is 0. The predicted molar refractivity (Wildman–Crippen MR) is 137 cm³/mol. The number of nitrogens with two attached hydrogens (primary N) is 1. The van der Waals surface area contributed by atoms with Gasteiger partial charge in [-0.1, -0.05) is 12.1 Å². The Labute approximate surface area is 213 Å². The molecule has 0 aromatic heterocycles. The number of ether oxygens (including phenoxy) is 1. The number of hydrogen-bond acceptors (Lipinski definition) is 6. The summed E-state index contributed by atoms with van der Waals surface area (Å²) in [7, 11) is 0. The van der Waals surface area contributed by atoms with Crippen LogP contribution in [0.1, 0.15) is 86.8 Å². The van der Waals surface area contributed by atoms with E-state index in [0.29, 0.717) is 5.56 Å². The van der Waals surface area contributed by atoms with Crippen LogP contribution >= 0.6 is 0 Å². The molecule has 36 heavy (non-hydrogen) atoms. The van der Waals surface area contributed by atoms with Gasteiger partial charge in [-0.05, 0) is 86.4 Å². The van der Waals surface area contributed by atoms with Gasteiger partial charge >= 0.3 is 6.09 Å². The average Bonchev–Trinajstić information content (AvgIpc) is 2.64. The Balaban J connectivity index is 3.61. The van der Waals surface area contributed by atoms with Crippen LogP contribution in [0.25, 0.3) is 0 Å². The number of hydrogen-bond donors (Lipinski definition) is 4.